The van der Waals surface area contributed by atoms with E-state index in [4.69, 9.17) is 5.73 Å². The van der Waals surface area contributed by atoms with Crippen LogP contribution < -0.4 is 5.73 Å². The molecule has 2 heterocycles. The summed E-state index contributed by atoms with van der Waals surface area (Å²) >= 11 is 0. The summed E-state index contributed by atoms with van der Waals surface area (Å²) in [7, 11) is 4.14. The zero-order chi connectivity index (χ0) is 11.5. The van der Waals surface area contributed by atoms with Crippen LogP contribution in [0.3, 0.4) is 0 Å². The fourth-order valence-corrected chi connectivity index (χ4v) is 1.74. The van der Waals surface area contributed by atoms with Crippen LogP contribution in [0.25, 0.3) is 5.65 Å². The highest BCUT2D eigenvalue weighted by atomic mass is 15.1. The molecule has 0 fully saturated rings. The number of rotatable bonds is 4. The van der Waals surface area contributed by atoms with E-state index in [1.807, 2.05) is 22.7 Å². The number of hydrogen-bond donors (Lipinski definition) is 1. The number of fused-ring (bicyclic) bond motifs is 1. The first-order valence-electron chi connectivity index (χ1n) is 5.51. The van der Waals surface area contributed by atoms with Gasteiger partial charge in [0.2, 0.25) is 0 Å². The Kier molecular flexibility index (Phi) is 3.22. The third kappa shape index (κ3) is 2.23. The van der Waals surface area contributed by atoms with E-state index in [-0.39, 0.29) is 0 Å². The van der Waals surface area contributed by atoms with Crippen molar-refractivity contribution in [2.45, 2.75) is 13.0 Å². The number of nitrogens with two attached hydrogens (primary N) is 1. The van der Waals surface area contributed by atoms with E-state index in [1.54, 1.807) is 0 Å². The third-order valence-corrected chi connectivity index (χ3v) is 2.65. The van der Waals surface area contributed by atoms with Gasteiger partial charge in [-0.1, -0.05) is 6.07 Å². The lowest BCUT2D eigenvalue weighted by molar-refractivity contribution is 0.412. The average molecular weight is 218 g/mol. The topological polar surface area (TPSA) is 46.6 Å². The summed E-state index contributed by atoms with van der Waals surface area (Å²) < 4.78 is 2.05. The van der Waals surface area contributed by atoms with Crippen molar-refractivity contribution in [1.29, 1.82) is 0 Å². The Bertz CT molecular complexity index is 473. The molecule has 0 spiro atoms. The van der Waals surface area contributed by atoms with E-state index in [9.17, 15) is 0 Å². The van der Waals surface area contributed by atoms with Crippen LogP contribution >= 0.6 is 0 Å². The maximum atomic E-state index is 5.69. The summed E-state index contributed by atoms with van der Waals surface area (Å²) in [5.74, 6) is 0. The molecular formula is C12H18N4. The van der Waals surface area contributed by atoms with Gasteiger partial charge in [0, 0.05) is 37.5 Å². The quantitative estimate of drug-likeness (QED) is 0.829. The molecular weight excluding hydrogens is 200 g/mol. The molecule has 4 heteroatoms. The summed E-state index contributed by atoms with van der Waals surface area (Å²) in [6, 6.07) is 4.03. The minimum Gasteiger partial charge on any atom is -0.326 e. The normalized spacial score (nSPS) is 11.5. The fraction of sp³-hybridized carbons (Fsp3) is 0.417. The van der Waals surface area contributed by atoms with E-state index in [0.29, 0.717) is 6.54 Å². The average Bonchev–Trinajstić information content (AvgIpc) is 2.68. The van der Waals surface area contributed by atoms with Gasteiger partial charge in [0.05, 0.1) is 5.69 Å². The lowest BCUT2D eigenvalue weighted by atomic mass is 10.3. The Balaban J connectivity index is 2.29. The van der Waals surface area contributed by atoms with Gasteiger partial charge in [-0.05, 0) is 20.2 Å². The molecule has 2 N–H and O–H groups in total. The van der Waals surface area contributed by atoms with Crippen LogP contribution in [0.4, 0.5) is 0 Å². The Morgan fingerprint density at radius 2 is 2.25 bits per heavy atom. The van der Waals surface area contributed by atoms with Crippen LogP contribution in [-0.2, 0) is 13.0 Å². The molecule has 0 aromatic carbocycles. The number of imidazole rings is 1. The molecule has 0 aliphatic heterocycles. The fourth-order valence-electron chi connectivity index (χ4n) is 1.74. The second-order valence-corrected chi connectivity index (χ2v) is 4.25. The molecule has 0 saturated carbocycles. The van der Waals surface area contributed by atoms with Gasteiger partial charge in [0.1, 0.15) is 5.65 Å². The molecule has 2 rings (SSSR count). The summed E-state index contributed by atoms with van der Waals surface area (Å²) in [6.07, 6.45) is 5.07. The Morgan fingerprint density at radius 1 is 1.44 bits per heavy atom. The molecule has 0 aliphatic carbocycles. The van der Waals surface area contributed by atoms with E-state index < -0.39 is 0 Å². The van der Waals surface area contributed by atoms with Crippen LogP contribution in [0.1, 0.15) is 11.3 Å². The summed E-state index contributed by atoms with van der Waals surface area (Å²) in [5, 5.41) is 0. The predicted octanol–water partition coefficient (Wildman–Crippen LogP) is 0.897. The van der Waals surface area contributed by atoms with Crippen molar-refractivity contribution in [3.63, 3.8) is 0 Å². The summed E-state index contributed by atoms with van der Waals surface area (Å²) in [5.41, 5.74) is 8.89. The van der Waals surface area contributed by atoms with Gasteiger partial charge in [0.25, 0.3) is 0 Å². The highest BCUT2D eigenvalue weighted by Gasteiger charge is 2.05. The molecule has 0 amide bonds. The van der Waals surface area contributed by atoms with Crippen molar-refractivity contribution in [2.75, 3.05) is 20.6 Å². The van der Waals surface area contributed by atoms with Crippen molar-refractivity contribution >= 4 is 5.65 Å². The van der Waals surface area contributed by atoms with Gasteiger partial charge >= 0.3 is 0 Å². The number of hydrogen-bond acceptors (Lipinski definition) is 3. The van der Waals surface area contributed by atoms with E-state index in [1.165, 1.54) is 0 Å². The van der Waals surface area contributed by atoms with Crippen LogP contribution in [0.5, 0.6) is 0 Å². The van der Waals surface area contributed by atoms with E-state index in [2.05, 4.69) is 30.2 Å². The van der Waals surface area contributed by atoms with Crippen LogP contribution in [0.15, 0.2) is 24.5 Å². The molecule has 0 unspecified atom stereocenters. The number of aromatic nitrogens is 2. The van der Waals surface area contributed by atoms with Crippen LogP contribution in [-0.4, -0.2) is 34.9 Å². The number of pyridine rings is 1. The molecule has 2 aromatic heterocycles. The summed E-state index contributed by atoms with van der Waals surface area (Å²) in [4.78, 5) is 6.77. The van der Waals surface area contributed by atoms with Crippen LogP contribution in [0, 0.1) is 0 Å². The van der Waals surface area contributed by atoms with Gasteiger partial charge in [-0.15, -0.1) is 0 Å². The highest BCUT2D eigenvalue weighted by Crippen LogP contribution is 2.11. The van der Waals surface area contributed by atoms with Crippen molar-refractivity contribution < 1.29 is 0 Å². The van der Waals surface area contributed by atoms with E-state index in [0.717, 1.165) is 29.9 Å². The largest absolute Gasteiger partial charge is 0.326 e. The Labute approximate surface area is 95.7 Å². The minimum atomic E-state index is 0.536. The monoisotopic (exact) mass is 218 g/mol. The number of likely N-dealkylation sites (N-methyl/N-ethyl adjacent to an activating group) is 1. The highest BCUT2D eigenvalue weighted by molar-refractivity contribution is 5.48. The molecule has 16 heavy (non-hydrogen) atoms. The molecule has 0 atom stereocenters. The van der Waals surface area contributed by atoms with Gasteiger partial charge in [-0.3, -0.25) is 0 Å². The smallest absolute Gasteiger partial charge is 0.141 e. The zero-order valence-electron chi connectivity index (χ0n) is 9.85. The first-order valence-corrected chi connectivity index (χ1v) is 5.51. The van der Waals surface area contributed by atoms with Gasteiger partial charge < -0.3 is 15.0 Å². The van der Waals surface area contributed by atoms with Crippen molar-refractivity contribution in [3.8, 4) is 0 Å². The minimum absolute atomic E-state index is 0.536. The predicted molar refractivity (Wildman–Crippen MR) is 65.3 cm³/mol. The maximum absolute atomic E-state index is 5.69. The lowest BCUT2D eigenvalue weighted by Gasteiger charge is -2.06. The van der Waals surface area contributed by atoms with Crippen molar-refractivity contribution in [2.24, 2.45) is 5.73 Å². The molecule has 0 radical (unpaired) electrons. The molecule has 0 bridgehead atoms. The first kappa shape index (κ1) is 11.1. The maximum Gasteiger partial charge on any atom is 0.141 e. The molecule has 0 saturated heterocycles. The molecule has 0 aliphatic rings. The van der Waals surface area contributed by atoms with Gasteiger partial charge in [0.15, 0.2) is 0 Å². The summed E-state index contributed by atoms with van der Waals surface area (Å²) in [6.45, 7) is 1.55. The van der Waals surface area contributed by atoms with Crippen molar-refractivity contribution in [1.82, 2.24) is 14.3 Å². The van der Waals surface area contributed by atoms with E-state index >= 15 is 0 Å². The third-order valence-electron chi connectivity index (χ3n) is 2.65. The van der Waals surface area contributed by atoms with Crippen LogP contribution in [0.2, 0.25) is 0 Å². The first-order chi connectivity index (χ1) is 7.70. The SMILES string of the molecule is CN(C)CCc1cn2cccc(CN)c2n1. The Morgan fingerprint density at radius 3 is 2.94 bits per heavy atom. The second kappa shape index (κ2) is 4.63. The zero-order valence-corrected chi connectivity index (χ0v) is 9.85. The molecule has 86 valence electrons. The van der Waals surface area contributed by atoms with Gasteiger partial charge in [-0.2, -0.15) is 0 Å². The lowest BCUT2D eigenvalue weighted by Crippen LogP contribution is -2.15. The molecule has 2 aromatic rings. The van der Waals surface area contributed by atoms with Crippen molar-refractivity contribution in [3.05, 3.63) is 35.8 Å². The second-order valence-electron chi connectivity index (χ2n) is 4.25. The molecule has 4 nitrogen and oxygen atoms in total. The number of nitrogens with zero attached hydrogens (tertiary/aromatic N) is 3. The van der Waals surface area contributed by atoms with Gasteiger partial charge in [-0.25, -0.2) is 4.98 Å². The Hall–Kier alpha value is -1.39. The standard InChI is InChI=1S/C12H18N4/c1-15(2)7-5-11-9-16-6-3-4-10(8-13)12(16)14-11/h3-4,6,9H,5,7-8,13H2,1-2H3.